The first-order chi connectivity index (χ1) is 12.8. The first-order valence-corrected chi connectivity index (χ1v) is 9.26. The number of benzene rings is 1. The number of hydrogen-bond acceptors (Lipinski definition) is 4. The number of fused-ring (bicyclic) bond motifs is 1. The fourth-order valence-electron chi connectivity index (χ4n) is 5.14. The summed E-state index contributed by atoms with van der Waals surface area (Å²) >= 11 is 0. The Labute approximate surface area is 159 Å². The summed E-state index contributed by atoms with van der Waals surface area (Å²) in [5, 5.41) is 4.44. The SMILES string of the molecule is COC(=O)[C@@]12CN(C(=O)c3cc(-c4ccccc4)n(C)n3)C[C@@H]1C(C)(C)C2. The second kappa shape index (κ2) is 5.94. The number of rotatable bonds is 3. The highest BCUT2D eigenvalue weighted by Gasteiger charge is 2.68. The number of amides is 1. The van der Waals surface area contributed by atoms with E-state index in [0.29, 0.717) is 18.8 Å². The van der Waals surface area contributed by atoms with Crippen LogP contribution in [-0.2, 0) is 16.6 Å². The standard InChI is InChI=1S/C21H25N3O3/c1-20(2)12-21(19(26)27-4)13-24(11-17(20)21)18(25)15-10-16(23(3)22-15)14-8-6-5-7-9-14/h5-10,17H,11-13H2,1-4H3/t17-,21+/m1/s1. The van der Waals surface area contributed by atoms with E-state index in [0.717, 1.165) is 17.7 Å². The molecule has 1 saturated carbocycles. The number of aryl methyl sites for hydroxylation is 1. The molecule has 1 aliphatic heterocycles. The minimum atomic E-state index is -0.565. The van der Waals surface area contributed by atoms with Gasteiger partial charge in [-0.05, 0) is 29.4 Å². The molecular formula is C21H25N3O3. The van der Waals surface area contributed by atoms with Gasteiger partial charge >= 0.3 is 5.97 Å². The Kier molecular flexibility index (Phi) is 3.91. The van der Waals surface area contributed by atoms with Gasteiger partial charge in [-0.2, -0.15) is 5.10 Å². The van der Waals surface area contributed by atoms with Crippen molar-refractivity contribution in [2.75, 3.05) is 20.2 Å². The molecule has 142 valence electrons. The molecule has 2 aromatic rings. The summed E-state index contributed by atoms with van der Waals surface area (Å²) in [6, 6.07) is 11.7. The predicted octanol–water partition coefficient (Wildman–Crippen LogP) is 2.75. The van der Waals surface area contributed by atoms with Crippen LogP contribution in [0.3, 0.4) is 0 Å². The van der Waals surface area contributed by atoms with Crippen LogP contribution in [0.1, 0.15) is 30.8 Å². The molecule has 2 heterocycles. The monoisotopic (exact) mass is 367 g/mol. The maximum atomic E-state index is 13.1. The van der Waals surface area contributed by atoms with Crippen LogP contribution < -0.4 is 0 Å². The second-order valence-electron chi connectivity index (χ2n) is 8.46. The van der Waals surface area contributed by atoms with E-state index in [1.165, 1.54) is 7.11 Å². The van der Waals surface area contributed by atoms with Crippen molar-refractivity contribution in [2.24, 2.45) is 23.8 Å². The van der Waals surface area contributed by atoms with Crippen molar-refractivity contribution in [1.82, 2.24) is 14.7 Å². The van der Waals surface area contributed by atoms with Gasteiger partial charge in [0.2, 0.25) is 0 Å². The van der Waals surface area contributed by atoms with E-state index in [1.807, 2.05) is 43.4 Å². The molecule has 1 saturated heterocycles. The van der Waals surface area contributed by atoms with Crippen molar-refractivity contribution in [3.63, 3.8) is 0 Å². The molecule has 0 radical (unpaired) electrons. The van der Waals surface area contributed by atoms with Gasteiger partial charge in [0.05, 0.1) is 18.2 Å². The smallest absolute Gasteiger partial charge is 0.314 e. The van der Waals surface area contributed by atoms with E-state index >= 15 is 0 Å². The molecule has 1 aliphatic carbocycles. The average Bonchev–Trinajstić information content (AvgIpc) is 3.20. The Bertz CT molecular complexity index is 903. The Hall–Kier alpha value is -2.63. The Morgan fingerprint density at radius 1 is 1.22 bits per heavy atom. The molecule has 6 nitrogen and oxygen atoms in total. The molecule has 0 bridgehead atoms. The van der Waals surface area contributed by atoms with E-state index in [1.54, 1.807) is 9.58 Å². The maximum absolute atomic E-state index is 13.1. The molecule has 27 heavy (non-hydrogen) atoms. The lowest BCUT2D eigenvalue weighted by Crippen LogP contribution is -2.57. The normalized spacial score (nSPS) is 25.6. The number of methoxy groups -OCH3 is 1. The number of ether oxygens (including phenoxy) is 1. The number of aromatic nitrogens is 2. The van der Waals surface area contributed by atoms with Crippen LogP contribution in [0.25, 0.3) is 11.3 Å². The Morgan fingerprint density at radius 3 is 2.56 bits per heavy atom. The van der Waals surface area contributed by atoms with Gasteiger partial charge in [-0.1, -0.05) is 44.2 Å². The summed E-state index contributed by atoms with van der Waals surface area (Å²) in [7, 11) is 3.26. The highest BCUT2D eigenvalue weighted by molar-refractivity contribution is 5.94. The lowest BCUT2D eigenvalue weighted by molar-refractivity contribution is -0.174. The first-order valence-electron chi connectivity index (χ1n) is 9.26. The largest absolute Gasteiger partial charge is 0.469 e. The molecule has 0 N–H and O–H groups in total. The van der Waals surface area contributed by atoms with Crippen LogP contribution in [0.4, 0.5) is 0 Å². The lowest BCUT2D eigenvalue weighted by Gasteiger charge is -2.54. The Morgan fingerprint density at radius 2 is 1.93 bits per heavy atom. The van der Waals surface area contributed by atoms with Crippen molar-refractivity contribution in [1.29, 1.82) is 0 Å². The number of carbonyl (C=O) groups excluding carboxylic acids is 2. The molecule has 1 aromatic heterocycles. The number of esters is 1. The fraction of sp³-hybridized carbons (Fsp3) is 0.476. The van der Waals surface area contributed by atoms with Crippen molar-refractivity contribution < 1.29 is 14.3 Å². The summed E-state index contributed by atoms with van der Waals surface area (Å²) in [6.07, 6.45) is 0.749. The second-order valence-corrected chi connectivity index (χ2v) is 8.46. The molecular weight excluding hydrogens is 342 g/mol. The van der Waals surface area contributed by atoms with E-state index in [4.69, 9.17) is 4.74 Å². The van der Waals surface area contributed by atoms with Gasteiger partial charge in [-0.15, -0.1) is 0 Å². The van der Waals surface area contributed by atoms with Gasteiger partial charge in [-0.25, -0.2) is 0 Å². The third-order valence-electron chi connectivity index (χ3n) is 6.31. The zero-order valence-corrected chi connectivity index (χ0v) is 16.2. The van der Waals surface area contributed by atoms with Crippen LogP contribution in [-0.4, -0.2) is 46.8 Å². The molecule has 2 aliphatic rings. The number of nitrogens with zero attached hydrogens (tertiary/aromatic N) is 3. The van der Waals surface area contributed by atoms with Crippen molar-refractivity contribution in [3.8, 4) is 11.3 Å². The first kappa shape index (κ1) is 17.8. The van der Waals surface area contributed by atoms with Crippen LogP contribution >= 0.6 is 0 Å². The average molecular weight is 367 g/mol. The van der Waals surface area contributed by atoms with Gasteiger partial charge in [0, 0.05) is 20.1 Å². The minimum absolute atomic E-state index is 0.0303. The fourth-order valence-corrected chi connectivity index (χ4v) is 5.14. The van der Waals surface area contributed by atoms with Gasteiger partial charge in [0.25, 0.3) is 5.91 Å². The molecule has 0 unspecified atom stereocenters. The summed E-state index contributed by atoms with van der Waals surface area (Å²) in [5.41, 5.74) is 1.79. The molecule has 6 heteroatoms. The highest BCUT2D eigenvalue weighted by atomic mass is 16.5. The summed E-state index contributed by atoms with van der Waals surface area (Å²) < 4.78 is 6.80. The third kappa shape index (κ3) is 2.58. The van der Waals surface area contributed by atoms with E-state index in [9.17, 15) is 9.59 Å². The minimum Gasteiger partial charge on any atom is -0.469 e. The van der Waals surface area contributed by atoms with Crippen LogP contribution in [0.2, 0.25) is 0 Å². The number of hydrogen-bond donors (Lipinski definition) is 0. The highest BCUT2D eigenvalue weighted by Crippen LogP contribution is 2.63. The van der Waals surface area contributed by atoms with E-state index < -0.39 is 5.41 Å². The number of carbonyl (C=O) groups is 2. The van der Waals surface area contributed by atoms with Gasteiger partial charge < -0.3 is 9.64 Å². The predicted molar refractivity (Wildman–Crippen MR) is 101 cm³/mol. The molecule has 1 amide bonds. The van der Waals surface area contributed by atoms with Gasteiger partial charge in [0.1, 0.15) is 0 Å². The van der Waals surface area contributed by atoms with Gasteiger partial charge in [-0.3, -0.25) is 14.3 Å². The maximum Gasteiger partial charge on any atom is 0.314 e. The van der Waals surface area contributed by atoms with E-state index in [-0.39, 0.29) is 23.2 Å². The van der Waals surface area contributed by atoms with Crippen LogP contribution in [0.5, 0.6) is 0 Å². The third-order valence-corrected chi connectivity index (χ3v) is 6.31. The molecule has 1 aromatic carbocycles. The molecule has 2 atom stereocenters. The topological polar surface area (TPSA) is 64.4 Å². The quantitative estimate of drug-likeness (QED) is 0.783. The van der Waals surface area contributed by atoms with Crippen molar-refractivity contribution in [2.45, 2.75) is 20.3 Å². The van der Waals surface area contributed by atoms with E-state index in [2.05, 4.69) is 18.9 Å². The molecule has 4 rings (SSSR count). The number of likely N-dealkylation sites (tertiary alicyclic amines) is 1. The van der Waals surface area contributed by atoms with Gasteiger partial charge in [0.15, 0.2) is 5.69 Å². The molecule has 0 spiro atoms. The molecule has 2 fully saturated rings. The zero-order chi connectivity index (χ0) is 19.4. The van der Waals surface area contributed by atoms with Crippen LogP contribution in [0.15, 0.2) is 36.4 Å². The summed E-state index contributed by atoms with van der Waals surface area (Å²) in [5.74, 6) is -0.201. The van der Waals surface area contributed by atoms with Crippen molar-refractivity contribution in [3.05, 3.63) is 42.1 Å². The van der Waals surface area contributed by atoms with Crippen molar-refractivity contribution >= 4 is 11.9 Å². The summed E-state index contributed by atoms with van der Waals surface area (Å²) in [6.45, 7) is 5.28. The Balaban J connectivity index is 1.61. The zero-order valence-electron chi connectivity index (χ0n) is 16.2. The van der Waals surface area contributed by atoms with Crippen LogP contribution in [0, 0.1) is 16.7 Å². The lowest BCUT2D eigenvalue weighted by atomic mass is 9.48. The summed E-state index contributed by atoms with van der Waals surface area (Å²) in [4.78, 5) is 27.3.